The zero-order valence-electron chi connectivity index (χ0n) is 12.2. The van der Waals surface area contributed by atoms with Gasteiger partial charge in [0.05, 0.1) is 5.69 Å². The van der Waals surface area contributed by atoms with Gasteiger partial charge in [0, 0.05) is 21.8 Å². The normalized spacial score (nSPS) is 10.9. The second-order valence-corrected chi connectivity index (χ2v) is 5.70. The number of rotatable bonds is 4. The van der Waals surface area contributed by atoms with Gasteiger partial charge in [-0.05, 0) is 58.5 Å². The molecule has 1 amide bonds. The fraction of sp³-hybridized carbons (Fsp3) is 0. The molecule has 3 aromatic rings. The van der Waals surface area contributed by atoms with Gasteiger partial charge in [0.1, 0.15) is 6.33 Å². The first-order valence-corrected chi connectivity index (χ1v) is 7.64. The van der Waals surface area contributed by atoms with Crippen LogP contribution in [0.5, 0.6) is 0 Å². The first-order valence-electron chi connectivity index (χ1n) is 6.89. The molecule has 6 nitrogen and oxygen atoms in total. The van der Waals surface area contributed by atoms with E-state index in [2.05, 4.69) is 20.8 Å². The van der Waals surface area contributed by atoms with Crippen LogP contribution in [-0.2, 0) is 4.79 Å². The number of tetrazole rings is 1. The lowest BCUT2D eigenvalue weighted by molar-refractivity contribution is -0.111. The van der Waals surface area contributed by atoms with E-state index in [0.29, 0.717) is 15.7 Å². The van der Waals surface area contributed by atoms with Gasteiger partial charge in [-0.1, -0.05) is 29.3 Å². The van der Waals surface area contributed by atoms with E-state index in [9.17, 15) is 4.79 Å². The molecule has 3 rings (SSSR count). The lowest BCUT2D eigenvalue weighted by Gasteiger charge is -2.05. The molecule has 24 heavy (non-hydrogen) atoms. The molecule has 0 spiro atoms. The summed E-state index contributed by atoms with van der Waals surface area (Å²) in [5.41, 5.74) is 2.11. The molecular weight excluding hydrogens is 349 g/mol. The Morgan fingerprint density at radius 3 is 2.62 bits per heavy atom. The van der Waals surface area contributed by atoms with Gasteiger partial charge >= 0.3 is 0 Å². The van der Waals surface area contributed by atoms with Crippen LogP contribution in [0.2, 0.25) is 10.0 Å². The average Bonchev–Trinajstić information content (AvgIpc) is 3.07. The summed E-state index contributed by atoms with van der Waals surface area (Å²) in [6.45, 7) is 0. The highest BCUT2D eigenvalue weighted by Gasteiger charge is 2.02. The molecule has 2 aromatic carbocycles. The maximum atomic E-state index is 12.0. The smallest absolute Gasteiger partial charge is 0.248 e. The molecule has 0 aliphatic carbocycles. The Morgan fingerprint density at radius 1 is 1.12 bits per heavy atom. The van der Waals surface area contributed by atoms with Gasteiger partial charge in [-0.3, -0.25) is 4.79 Å². The predicted molar refractivity (Wildman–Crippen MR) is 93.3 cm³/mol. The Kier molecular flexibility index (Phi) is 4.88. The topological polar surface area (TPSA) is 72.7 Å². The summed E-state index contributed by atoms with van der Waals surface area (Å²) in [6.07, 6.45) is 4.52. The SMILES string of the molecule is O=C(/C=C\c1cc(Cl)cc(Cl)c1)Nc1cccc(-n2cnnn2)c1. The largest absolute Gasteiger partial charge is 0.322 e. The van der Waals surface area contributed by atoms with E-state index in [1.165, 1.54) is 17.1 Å². The van der Waals surface area contributed by atoms with Gasteiger partial charge in [-0.25, -0.2) is 4.68 Å². The van der Waals surface area contributed by atoms with Crippen molar-refractivity contribution in [1.82, 2.24) is 20.2 Å². The predicted octanol–water partition coefficient (Wildman–Crippen LogP) is 3.62. The standard InChI is InChI=1S/C16H11Cl2N5O/c17-12-6-11(7-13(18)8-12)4-5-16(24)20-14-2-1-3-15(9-14)23-10-19-21-22-23/h1-10H,(H,20,24)/b5-4-. The number of nitrogens with one attached hydrogen (secondary N) is 1. The molecule has 0 fully saturated rings. The number of nitrogens with zero attached hydrogens (tertiary/aromatic N) is 4. The molecule has 0 aliphatic heterocycles. The molecule has 1 aromatic heterocycles. The minimum Gasteiger partial charge on any atom is -0.322 e. The molecule has 0 saturated heterocycles. The van der Waals surface area contributed by atoms with Crippen molar-refractivity contribution < 1.29 is 4.79 Å². The van der Waals surface area contributed by atoms with Crippen LogP contribution in [0, 0.1) is 0 Å². The van der Waals surface area contributed by atoms with E-state index < -0.39 is 0 Å². The summed E-state index contributed by atoms with van der Waals surface area (Å²) in [6, 6.07) is 12.2. The van der Waals surface area contributed by atoms with Crippen molar-refractivity contribution in [2.45, 2.75) is 0 Å². The first kappa shape index (κ1) is 16.2. The Balaban J connectivity index is 1.71. The van der Waals surface area contributed by atoms with Crippen molar-refractivity contribution in [1.29, 1.82) is 0 Å². The molecule has 1 N–H and O–H groups in total. The third kappa shape index (κ3) is 4.18. The molecule has 0 radical (unpaired) electrons. The van der Waals surface area contributed by atoms with Crippen molar-refractivity contribution in [3.8, 4) is 5.69 Å². The molecule has 8 heteroatoms. The van der Waals surface area contributed by atoms with E-state index in [1.807, 2.05) is 6.07 Å². The van der Waals surface area contributed by atoms with Gasteiger partial charge in [-0.2, -0.15) is 0 Å². The Bertz CT molecular complexity index is 873. The summed E-state index contributed by atoms with van der Waals surface area (Å²) in [5, 5.41) is 14.8. The van der Waals surface area contributed by atoms with E-state index in [-0.39, 0.29) is 5.91 Å². The second kappa shape index (κ2) is 7.25. The summed E-state index contributed by atoms with van der Waals surface area (Å²) in [7, 11) is 0. The van der Waals surface area contributed by atoms with E-state index in [1.54, 1.807) is 42.5 Å². The third-order valence-corrected chi connectivity index (χ3v) is 3.48. The van der Waals surface area contributed by atoms with Crippen LogP contribution in [0.15, 0.2) is 54.9 Å². The summed E-state index contributed by atoms with van der Waals surface area (Å²) in [5.74, 6) is -0.278. The molecular formula is C16H11Cl2N5O. The van der Waals surface area contributed by atoms with Gasteiger partial charge in [0.15, 0.2) is 0 Å². The Morgan fingerprint density at radius 2 is 1.92 bits per heavy atom. The molecule has 0 unspecified atom stereocenters. The Labute approximate surface area is 147 Å². The van der Waals surface area contributed by atoms with Crippen LogP contribution in [0.25, 0.3) is 11.8 Å². The zero-order valence-corrected chi connectivity index (χ0v) is 13.7. The van der Waals surface area contributed by atoms with Crippen LogP contribution in [0.1, 0.15) is 5.56 Å². The van der Waals surface area contributed by atoms with Crippen LogP contribution in [0.4, 0.5) is 5.69 Å². The fourth-order valence-electron chi connectivity index (χ4n) is 2.03. The van der Waals surface area contributed by atoms with Crippen LogP contribution >= 0.6 is 23.2 Å². The van der Waals surface area contributed by atoms with Crippen molar-refractivity contribution in [3.05, 3.63) is 70.5 Å². The average molecular weight is 360 g/mol. The zero-order chi connectivity index (χ0) is 16.9. The number of carbonyl (C=O) groups is 1. The van der Waals surface area contributed by atoms with E-state index >= 15 is 0 Å². The van der Waals surface area contributed by atoms with Gasteiger partial charge in [-0.15, -0.1) is 5.10 Å². The first-order chi connectivity index (χ1) is 11.6. The number of hydrogen-bond donors (Lipinski definition) is 1. The molecule has 0 saturated carbocycles. The number of benzene rings is 2. The van der Waals surface area contributed by atoms with E-state index in [4.69, 9.17) is 23.2 Å². The number of halogens is 2. The minimum absolute atomic E-state index is 0.278. The highest BCUT2D eigenvalue weighted by atomic mass is 35.5. The van der Waals surface area contributed by atoms with Crippen LogP contribution in [0.3, 0.4) is 0 Å². The fourth-order valence-corrected chi connectivity index (χ4v) is 2.58. The summed E-state index contributed by atoms with van der Waals surface area (Å²) < 4.78 is 1.50. The monoisotopic (exact) mass is 359 g/mol. The van der Waals surface area contributed by atoms with Gasteiger partial charge in [0.25, 0.3) is 0 Å². The van der Waals surface area contributed by atoms with Crippen molar-refractivity contribution >= 4 is 40.9 Å². The van der Waals surface area contributed by atoms with Crippen molar-refractivity contribution in [2.75, 3.05) is 5.32 Å². The second-order valence-electron chi connectivity index (χ2n) is 4.83. The lowest BCUT2D eigenvalue weighted by Crippen LogP contribution is -2.08. The molecule has 0 aliphatic rings. The minimum atomic E-state index is -0.278. The lowest BCUT2D eigenvalue weighted by atomic mass is 10.2. The van der Waals surface area contributed by atoms with Gasteiger partial charge < -0.3 is 5.32 Å². The summed E-state index contributed by atoms with van der Waals surface area (Å²) in [4.78, 5) is 12.0. The molecule has 0 atom stereocenters. The quantitative estimate of drug-likeness (QED) is 0.722. The number of anilines is 1. The number of amides is 1. The number of carbonyl (C=O) groups excluding carboxylic acids is 1. The Hall–Kier alpha value is -2.70. The molecule has 1 heterocycles. The maximum Gasteiger partial charge on any atom is 0.248 e. The maximum absolute atomic E-state index is 12.0. The van der Waals surface area contributed by atoms with E-state index in [0.717, 1.165) is 11.3 Å². The van der Waals surface area contributed by atoms with Crippen molar-refractivity contribution in [2.24, 2.45) is 0 Å². The molecule has 0 bridgehead atoms. The van der Waals surface area contributed by atoms with Crippen LogP contribution < -0.4 is 5.32 Å². The highest BCUT2D eigenvalue weighted by molar-refractivity contribution is 6.34. The van der Waals surface area contributed by atoms with Crippen LogP contribution in [-0.4, -0.2) is 26.1 Å². The number of hydrogen-bond acceptors (Lipinski definition) is 4. The molecule has 120 valence electrons. The third-order valence-electron chi connectivity index (χ3n) is 3.04. The van der Waals surface area contributed by atoms with Gasteiger partial charge in [0.2, 0.25) is 5.91 Å². The summed E-state index contributed by atoms with van der Waals surface area (Å²) >= 11 is 11.8. The highest BCUT2D eigenvalue weighted by Crippen LogP contribution is 2.20. The number of aromatic nitrogens is 4. The van der Waals surface area contributed by atoms with Crippen molar-refractivity contribution in [3.63, 3.8) is 0 Å².